The zero-order chi connectivity index (χ0) is 19.9. The summed E-state index contributed by atoms with van der Waals surface area (Å²) >= 11 is 0. The molecule has 0 saturated carbocycles. The van der Waals surface area contributed by atoms with Gasteiger partial charge in [0.1, 0.15) is 5.75 Å². The summed E-state index contributed by atoms with van der Waals surface area (Å²) in [6.45, 7) is 6.60. The molecule has 0 unspecified atom stereocenters. The van der Waals surface area contributed by atoms with Crippen LogP contribution < -0.4 is 4.74 Å². The van der Waals surface area contributed by atoms with Gasteiger partial charge in [0.2, 0.25) is 0 Å². The van der Waals surface area contributed by atoms with Crippen molar-refractivity contribution in [2.24, 2.45) is 0 Å². The highest BCUT2D eigenvalue weighted by atomic mass is 32.2. The third-order valence-corrected chi connectivity index (χ3v) is 5.44. The van der Waals surface area contributed by atoms with Crippen LogP contribution >= 0.6 is 0 Å². The van der Waals surface area contributed by atoms with Crippen LogP contribution in [-0.2, 0) is 16.4 Å². The second-order valence-corrected chi connectivity index (χ2v) is 8.83. The molecule has 5 nitrogen and oxygen atoms in total. The maximum atomic E-state index is 11.5. The van der Waals surface area contributed by atoms with E-state index in [9.17, 15) is 8.42 Å². The predicted molar refractivity (Wildman–Crippen MR) is 106 cm³/mol. The second-order valence-electron chi connectivity index (χ2n) is 6.82. The lowest BCUT2D eigenvalue weighted by atomic mass is 10.1. The van der Waals surface area contributed by atoms with Crippen LogP contribution in [0.3, 0.4) is 0 Å². The highest BCUT2D eigenvalue weighted by Crippen LogP contribution is 2.16. The summed E-state index contributed by atoms with van der Waals surface area (Å²) in [5, 5.41) is 8.89. The van der Waals surface area contributed by atoms with Crippen LogP contribution in [0.15, 0.2) is 53.4 Å². The largest absolute Gasteiger partial charge is 0.494 e. The first-order valence-corrected chi connectivity index (χ1v) is 10.8. The number of benzene rings is 2. The Labute approximate surface area is 162 Å². The van der Waals surface area contributed by atoms with Crippen LogP contribution in [0.1, 0.15) is 31.4 Å². The first-order valence-electron chi connectivity index (χ1n) is 8.95. The molecular formula is C21H26N2O3S. The summed E-state index contributed by atoms with van der Waals surface area (Å²) in [7, 11) is -3.18. The van der Waals surface area contributed by atoms with Crippen molar-refractivity contribution in [3.05, 3.63) is 59.7 Å². The summed E-state index contributed by atoms with van der Waals surface area (Å²) in [6, 6.07) is 16.7. The third-order valence-electron chi connectivity index (χ3n) is 4.31. The van der Waals surface area contributed by atoms with Gasteiger partial charge in [0.15, 0.2) is 9.84 Å². The zero-order valence-electron chi connectivity index (χ0n) is 16.1. The molecule has 2 aromatic carbocycles. The number of nitrogens with zero attached hydrogens (tertiary/aromatic N) is 2. The van der Waals surface area contributed by atoms with Crippen molar-refractivity contribution >= 4 is 9.84 Å². The van der Waals surface area contributed by atoms with Gasteiger partial charge >= 0.3 is 0 Å². The Hall–Kier alpha value is -2.36. The van der Waals surface area contributed by atoms with Crippen molar-refractivity contribution in [3.8, 4) is 11.8 Å². The summed E-state index contributed by atoms with van der Waals surface area (Å²) in [5.74, 6) is 0.672. The van der Waals surface area contributed by atoms with Crippen molar-refractivity contribution in [2.75, 3.05) is 19.4 Å². The summed E-state index contributed by atoms with van der Waals surface area (Å²) < 4.78 is 28.7. The molecule has 6 heteroatoms. The molecule has 0 fully saturated rings. The molecular weight excluding hydrogens is 360 g/mol. The van der Waals surface area contributed by atoms with Gasteiger partial charge in [-0.25, -0.2) is 8.42 Å². The van der Waals surface area contributed by atoms with Crippen LogP contribution in [0.2, 0.25) is 0 Å². The smallest absolute Gasteiger partial charge is 0.175 e. The van der Waals surface area contributed by atoms with Gasteiger partial charge in [0.25, 0.3) is 0 Å². The number of sulfone groups is 1. The topological polar surface area (TPSA) is 70.4 Å². The van der Waals surface area contributed by atoms with Crippen LogP contribution in [0.5, 0.6) is 5.75 Å². The number of nitriles is 1. The lowest BCUT2D eigenvalue weighted by molar-refractivity contribution is 0.190. The van der Waals surface area contributed by atoms with E-state index in [1.165, 1.54) is 11.8 Å². The monoisotopic (exact) mass is 386 g/mol. The van der Waals surface area contributed by atoms with E-state index in [0.717, 1.165) is 19.5 Å². The molecule has 0 spiro atoms. The van der Waals surface area contributed by atoms with Crippen LogP contribution in [0, 0.1) is 11.3 Å². The molecule has 0 radical (unpaired) electrons. The Morgan fingerprint density at radius 1 is 1.07 bits per heavy atom. The molecule has 144 valence electrons. The Kier molecular flexibility index (Phi) is 7.40. The van der Waals surface area contributed by atoms with E-state index >= 15 is 0 Å². The van der Waals surface area contributed by atoms with Gasteiger partial charge in [-0.05, 0) is 62.2 Å². The third kappa shape index (κ3) is 6.70. The van der Waals surface area contributed by atoms with Crippen molar-refractivity contribution < 1.29 is 13.2 Å². The fraction of sp³-hybridized carbons (Fsp3) is 0.381. The first kappa shape index (κ1) is 20.9. The molecule has 0 aromatic heterocycles. The maximum Gasteiger partial charge on any atom is 0.175 e. The molecule has 0 N–H and O–H groups in total. The van der Waals surface area contributed by atoms with Gasteiger partial charge in [-0.15, -0.1) is 0 Å². The van der Waals surface area contributed by atoms with Gasteiger partial charge in [-0.2, -0.15) is 5.26 Å². The highest BCUT2D eigenvalue weighted by Gasteiger charge is 2.10. The van der Waals surface area contributed by atoms with E-state index < -0.39 is 9.84 Å². The Morgan fingerprint density at radius 2 is 1.70 bits per heavy atom. The van der Waals surface area contributed by atoms with Crippen molar-refractivity contribution in [2.45, 2.75) is 37.8 Å². The lowest BCUT2D eigenvalue weighted by Gasteiger charge is -2.26. The average molecular weight is 387 g/mol. The Morgan fingerprint density at radius 3 is 2.22 bits per heavy atom. The molecule has 2 aromatic rings. The van der Waals surface area contributed by atoms with Gasteiger partial charge in [0, 0.05) is 25.4 Å². The number of hydrogen-bond acceptors (Lipinski definition) is 5. The van der Waals surface area contributed by atoms with Crippen molar-refractivity contribution in [1.82, 2.24) is 4.90 Å². The van der Waals surface area contributed by atoms with Gasteiger partial charge in [-0.3, -0.25) is 4.90 Å². The molecule has 0 aliphatic heterocycles. The second kappa shape index (κ2) is 9.54. The standard InChI is InChI=1S/C21H26N2O3S/c1-17(2)23(16-19-7-5-18(15-22)6-8-19)13-4-14-26-20-9-11-21(12-10-20)27(3,24)25/h5-12,17H,4,13-14,16H2,1-3H3. The van der Waals surface area contributed by atoms with E-state index in [1.807, 2.05) is 24.3 Å². The Bertz CT molecular complexity index is 867. The van der Waals surface area contributed by atoms with E-state index in [0.29, 0.717) is 28.9 Å². The SMILES string of the molecule is CC(C)N(CCCOc1ccc(S(C)(=O)=O)cc1)Cc1ccc(C#N)cc1. The first-order chi connectivity index (χ1) is 12.8. The maximum absolute atomic E-state index is 11.5. The predicted octanol–water partition coefficient (Wildman–Crippen LogP) is 3.64. The number of hydrogen-bond donors (Lipinski definition) is 0. The normalized spacial score (nSPS) is 11.6. The minimum Gasteiger partial charge on any atom is -0.494 e. The Balaban J connectivity index is 1.83. The summed E-state index contributed by atoms with van der Waals surface area (Å²) in [4.78, 5) is 2.65. The fourth-order valence-corrected chi connectivity index (χ4v) is 3.31. The molecule has 0 heterocycles. The van der Waals surface area contributed by atoms with Gasteiger partial charge in [-0.1, -0.05) is 12.1 Å². The van der Waals surface area contributed by atoms with Crippen LogP contribution in [-0.4, -0.2) is 38.8 Å². The van der Waals surface area contributed by atoms with Gasteiger partial charge in [0.05, 0.1) is 23.1 Å². The summed E-state index contributed by atoms with van der Waals surface area (Å²) in [5.41, 5.74) is 1.85. The molecule has 0 aliphatic rings. The van der Waals surface area contributed by atoms with Gasteiger partial charge < -0.3 is 4.74 Å². The molecule has 0 saturated heterocycles. The minimum absolute atomic E-state index is 0.295. The fourth-order valence-electron chi connectivity index (χ4n) is 2.68. The summed E-state index contributed by atoms with van der Waals surface area (Å²) in [6.07, 6.45) is 2.06. The van der Waals surface area contributed by atoms with E-state index in [1.54, 1.807) is 24.3 Å². The van der Waals surface area contributed by atoms with E-state index in [-0.39, 0.29) is 0 Å². The molecule has 0 amide bonds. The zero-order valence-corrected chi connectivity index (χ0v) is 16.9. The van der Waals surface area contributed by atoms with E-state index in [2.05, 4.69) is 24.8 Å². The van der Waals surface area contributed by atoms with Crippen molar-refractivity contribution in [1.29, 1.82) is 5.26 Å². The number of rotatable bonds is 9. The quantitative estimate of drug-likeness (QED) is 0.615. The molecule has 0 bridgehead atoms. The molecule has 27 heavy (non-hydrogen) atoms. The molecule has 0 aliphatic carbocycles. The van der Waals surface area contributed by atoms with Crippen molar-refractivity contribution in [3.63, 3.8) is 0 Å². The minimum atomic E-state index is -3.18. The van der Waals surface area contributed by atoms with Crippen LogP contribution in [0.25, 0.3) is 0 Å². The number of ether oxygens (including phenoxy) is 1. The molecule has 2 rings (SSSR count). The lowest BCUT2D eigenvalue weighted by Crippen LogP contribution is -2.32. The molecule has 0 atom stereocenters. The van der Waals surface area contributed by atoms with Crippen LogP contribution in [0.4, 0.5) is 0 Å². The van der Waals surface area contributed by atoms with E-state index in [4.69, 9.17) is 10.00 Å². The highest BCUT2D eigenvalue weighted by molar-refractivity contribution is 7.90. The average Bonchev–Trinajstić information content (AvgIpc) is 2.64.